The lowest BCUT2D eigenvalue weighted by atomic mass is 10.3. The van der Waals surface area contributed by atoms with Gasteiger partial charge in [0.1, 0.15) is 0 Å². The van der Waals surface area contributed by atoms with E-state index >= 15 is 0 Å². The fourth-order valence-electron chi connectivity index (χ4n) is 0.962. The first-order valence-electron chi connectivity index (χ1n) is 3.86. The Hall–Kier alpha value is -1.42. The summed E-state index contributed by atoms with van der Waals surface area (Å²) in [5.74, 6) is 0. The second kappa shape index (κ2) is 3.53. The molecule has 0 bridgehead atoms. The number of nitrogen functional groups attached to an aromatic ring is 1. The van der Waals surface area contributed by atoms with Crippen LogP contribution in [0.15, 0.2) is 46.7 Å². The van der Waals surface area contributed by atoms with Crippen LogP contribution >= 0.6 is 11.8 Å². The minimum Gasteiger partial charge on any atom is -0.399 e. The molecule has 66 valence electrons. The minimum absolute atomic E-state index is 0.786. The Morgan fingerprint density at radius 1 is 1.23 bits per heavy atom. The summed E-state index contributed by atoms with van der Waals surface area (Å²) in [7, 11) is 0. The fraction of sp³-hybridized carbons (Fsp3) is 0. The van der Waals surface area contributed by atoms with E-state index < -0.39 is 0 Å². The van der Waals surface area contributed by atoms with Crippen molar-refractivity contribution in [2.24, 2.45) is 0 Å². The van der Waals surface area contributed by atoms with E-state index in [2.05, 4.69) is 9.97 Å². The predicted octanol–water partition coefficient (Wildman–Crippen LogP) is 2.14. The largest absolute Gasteiger partial charge is 0.399 e. The Morgan fingerprint density at radius 2 is 2.00 bits per heavy atom. The monoisotopic (exact) mass is 191 g/mol. The van der Waals surface area contributed by atoms with Crippen LogP contribution < -0.4 is 5.73 Å². The zero-order valence-electron chi connectivity index (χ0n) is 6.90. The first kappa shape index (κ1) is 8.19. The molecule has 0 radical (unpaired) electrons. The number of hydrogen-bond acceptors (Lipinski definition) is 3. The molecule has 1 heterocycles. The van der Waals surface area contributed by atoms with E-state index in [-0.39, 0.29) is 0 Å². The topological polar surface area (TPSA) is 54.7 Å². The van der Waals surface area contributed by atoms with Gasteiger partial charge in [0.15, 0.2) is 0 Å². The highest BCUT2D eigenvalue weighted by Crippen LogP contribution is 2.25. The van der Waals surface area contributed by atoms with Gasteiger partial charge in [-0.1, -0.05) is 11.8 Å². The maximum atomic E-state index is 5.57. The van der Waals surface area contributed by atoms with E-state index in [0.717, 1.165) is 15.6 Å². The second-order valence-electron chi connectivity index (χ2n) is 2.59. The van der Waals surface area contributed by atoms with Crippen molar-refractivity contribution in [3.63, 3.8) is 0 Å². The van der Waals surface area contributed by atoms with Gasteiger partial charge in [-0.15, -0.1) is 0 Å². The smallest absolute Gasteiger partial charge is 0.0967 e. The van der Waals surface area contributed by atoms with Crippen molar-refractivity contribution in [3.8, 4) is 0 Å². The molecule has 0 fully saturated rings. The van der Waals surface area contributed by atoms with Gasteiger partial charge in [-0.3, -0.25) is 0 Å². The number of aromatic nitrogens is 2. The molecule has 0 saturated heterocycles. The Morgan fingerprint density at radius 3 is 2.62 bits per heavy atom. The average Bonchev–Trinajstić information content (AvgIpc) is 2.62. The maximum Gasteiger partial charge on any atom is 0.0967 e. The number of rotatable bonds is 2. The number of nitrogens with zero attached hydrogens (tertiary/aromatic N) is 1. The fourth-order valence-corrected chi connectivity index (χ4v) is 1.71. The van der Waals surface area contributed by atoms with Crippen molar-refractivity contribution in [2.45, 2.75) is 9.92 Å². The molecule has 3 nitrogen and oxygen atoms in total. The number of imidazole rings is 1. The van der Waals surface area contributed by atoms with Crippen LogP contribution in [0.5, 0.6) is 0 Å². The molecular weight excluding hydrogens is 182 g/mol. The molecule has 0 aliphatic rings. The number of hydrogen-bond donors (Lipinski definition) is 2. The molecule has 1 aromatic carbocycles. The summed E-state index contributed by atoms with van der Waals surface area (Å²) < 4.78 is 0. The van der Waals surface area contributed by atoms with Crippen LogP contribution in [0.2, 0.25) is 0 Å². The number of anilines is 1. The number of nitrogens with two attached hydrogens (primary N) is 1. The Labute approximate surface area is 80.4 Å². The van der Waals surface area contributed by atoms with Crippen molar-refractivity contribution in [3.05, 3.63) is 36.8 Å². The van der Waals surface area contributed by atoms with Gasteiger partial charge < -0.3 is 10.7 Å². The van der Waals surface area contributed by atoms with Crippen LogP contribution in [0.1, 0.15) is 0 Å². The van der Waals surface area contributed by atoms with Gasteiger partial charge in [-0.25, -0.2) is 4.98 Å². The molecule has 0 unspecified atom stereocenters. The van der Waals surface area contributed by atoms with E-state index in [9.17, 15) is 0 Å². The highest BCUT2D eigenvalue weighted by molar-refractivity contribution is 7.99. The summed E-state index contributed by atoms with van der Waals surface area (Å²) in [6.45, 7) is 0. The van der Waals surface area contributed by atoms with Crippen molar-refractivity contribution >= 4 is 17.4 Å². The van der Waals surface area contributed by atoms with Gasteiger partial charge in [0.05, 0.1) is 17.6 Å². The predicted molar refractivity (Wildman–Crippen MR) is 53.6 cm³/mol. The van der Waals surface area contributed by atoms with Gasteiger partial charge in [0, 0.05) is 10.6 Å². The van der Waals surface area contributed by atoms with E-state index in [0.29, 0.717) is 0 Å². The van der Waals surface area contributed by atoms with Crippen molar-refractivity contribution < 1.29 is 0 Å². The number of benzene rings is 1. The van der Waals surface area contributed by atoms with Crippen molar-refractivity contribution in [1.82, 2.24) is 9.97 Å². The molecule has 2 rings (SSSR count). The quantitative estimate of drug-likeness (QED) is 0.715. The normalized spacial score (nSPS) is 10.2. The van der Waals surface area contributed by atoms with E-state index in [1.54, 1.807) is 24.3 Å². The molecule has 0 spiro atoms. The summed E-state index contributed by atoms with van der Waals surface area (Å²) in [4.78, 5) is 8.11. The maximum absolute atomic E-state index is 5.57. The van der Waals surface area contributed by atoms with Crippen LogP contribution in [-0.2, 0) is 0 Å². The zero-order chi connectivity index (χ0) is 9.10. The van der Waals surface area contributed by atoms with Gasteiger partial charge in [0.2, 0.25) is 0 Å². The third-order valence-electron chi connectivity index (χ3n) is 1.58. The molecule has 3 N–H and O–H groups in total. The summed E-state index contributed by atoms with van der Waals surface area (Å²) in [5.41, 5.74) is 6.36. The molecule has 0 aliphatic heterocycles. The number of H-pyrrole nitrogens is 1. The Kier molecular flexibility index (Phi) is 2.23. The highest BCUT2D eigenvalue weighted by atomic mass is 32.2. The van der Waals surface area contributed by atoms with Crippen LogP contribution in [0, 0.1) is 0 Å². The van der Waals surface area contributed by atoms with E-state index in [1.807, 2.05) is 24.3 Å². The summed E-state index contributed by atoms with van der Waals surface area (Å²) in [6.07, 6.45) is 3.46. The van der Waals surface area contributed by atoms with Crippen LogP contribution in [-0.4, -0.2) is 9.97 Å². The van der Waals surface area contributed by atoms with Crippen molar-refractivity contribution in [2.75, 3.05) is 5.73 Å². The summed E-state index contributed by atoms with van der Waals surface area (Å²) in [5, 5.41) is 1.03. The number of nitrogens with one attached hydrogen (secondary N) is 1. The first-order chi connectivity index (χ1) is 6.34. The second-order valence-corrected chi connectivity index (χ2v) is 3.70. The molecule has 0 aliphatic carbocycles. The van der Waals surface area contributed by atoms with Gasteiger partial charge in [-0.2, -0.15) is 0 Å². The molecule has 1 aromatic heterocycles. The third kappa shape index (κ3) is 2.03. The van der Waals surface area contributed by atoms with Crippen molar-refractivity contribution in [1.29, 1.82) is 0 Å². The Bertz CT molecular complexity index is 366. The highest BCUT2D eigenvalue weighted by Gasteiger charge is 1.96. The summed E-state index contributed by atoms with van der Waals surface area (Å²) in [6, 6.07) is 7.75. The van der Waals surface area contributed by atoms with E-state index in [1.165, 1.54) is 0 Å². The SMILES string of the molecule is Nc1ccc(Sc2cnc[nH]2)cc1. The third-order valence-corrected chi connectivity index (χ3v) is 2.53. The molecule has 4 heteroatoms. The van der Waals surface area contributed by atoms with Gasteiger partial charge >= 0.3 is 0 Å². The van der Waals surface area contributed by atoms with Gasteiger partial charge in [0.25, 0.3) is 0 Å². The van der Waals surface area contributed by atoms with Crippen LogP contribution in [0.3, 0.4) is 0 Å². The minimum atomic E-state index is 0.786. The van der Waals surface area contributed by atoms with E-state index in [4.69, 9.17) is 5.73 Å². The lowest BCUT2D eigenvalue weighted by Crippen LogP contribution is -1.82. The zero-order valence-corrected chi connectivity index (χ0v) is 7.71. The molecule has 0 saturated carbocycles. The molecule has 2 aromatic rings. The Balaban J connectivity index is 2.15. The summed E-state index contributed by atoms with van der Waals surface area (Å²) >= 11 is 1.63. The molecule has 0 amide bonds. The lowest BCUT2D eigenvalue weighted by molar-refractivity contribution is 1.20. The lowest BCUT2D eigenvalue weighted by Gasteiger charge is -1.98. The van der Waals surface area contributed by atoms with Crippen LogP contribution in [0.25, 0.3) is 0 Å². The van der Waals surface area contributed by atoms with Crippen LogP contribution in [0.4, 0.5) is 5.69 Å². The first-order valence-corrected chi connectivity index (χ1v) is 4.68. The molecule has 13 heavy (non-hydrogen) atoms. The van der Waals surface area contributed by atoms with Gasteiger partial charge in [-0.05, 0) is 24.3 Å². The molecular formula is C9H9N3S. The standard InChI is InChI=1S/C9H9N3S/c10-7-1-3-8(4-2-7)13-9-5-11-6-12-9/h1-6H,10H2,(H,11,12). The number of aromatic amines is 1. The average molecular weight is 191 g/mol. The molecule has 0 atom stereocenters.